The molecule has 1 unspecified atom stereocenters. The van der Waals surface area contributed by atoms with Crippen LogP contribution in [0.25, 0.3) is 0 Å². The largest absolute Gasteiger partial charge is 0.302 e. The fraction of sp³-hybridized carbons (Fsp3) is 0.417. The van der Waals surface area contributed by atoms with Crippen molar-refractivity contribution < 1.29 is 4.79 Å². The van der Waals surface area contributed by atoms with Gasteiger partial charge in [-0.3, -0.25) is 4.79 Å². The summed E-state index contributed by atoms with van der Waals surface area (Å²) in [6, 6.07) is 10.3. The molecule has 82 valence electrons. The van der Waals surface area contributed by atoms with Crippen LogP contribution in [-0.2, 0) is 11.2 Å². The molecule has 0 aliphatic heterocycles. The van der Waals surface area contributed by atoms with Gasteiger partial charge in [-0.25, -0.2) is 0 Å². The minimum Gasteiger partial charge on any atom is -0.302 e. The van der Waals surface area contributed by atoms with Gasteiger partial charge in [0.25, 0.3) is 0 Å². The molecule has 0 radical (unpaired) electrons. The maximum atomic E-state index is 11.1. The van der Waals surface area contributed by atoms with Crippen molar-refractivity contribution in [2.24, 2.45) is 0 Å². The Bertz CT molecular complexity index is 300. The first kappa shape index (κ1) is 12.3. The number of likely N-dealkylation sites (N-methyl/N-ethyl adjacent to an activating group) is 1. The van der Waals surface area contributed by atoms with Gasteiger partial charge in [0.2, 0.25) is 0 Å². The molecule has 3 heteroatoms. The number of carbonyl (C=O) groups is 1. The lowest BCUT2D eigenvalue weighted by Gasteiger charge is -2.11. The van der Waals surface area contributed by atoms with Crippen LogP contribution in [0.15, 0.2) is 30.3 Å². The van der Waals surface area contributed by atoms with Crippen LogP contribution in [0.3, 0.4) is 0 Å². The van der Waals surface area contributed by atoms with Crippen molar-refractivity contribution in [3.05, 3.63) is 35.9 Å². The summed E-state index contributed by atoms with van der Waals surface area (Å²) in [5.74, 6) is 1.16. The highest BCUT2D eigenvalue weighted by molar-refractivity contribution is 8.00. The number of thioether (sulfide) groups is 1. The molecule has 0 saturated heterocycles. The van der Waals surface area contributed by atoms with Crippen molar-refractivity contribution in [1.29, 1.82) is 0 Å². The lowest BCUT2D eigenvalue weighted by Crippen LogP contribution is -2.29. The van der Waals surface area contributed by atoms with Crippen molar-refractivity contribution in [1.82, 2.24) is 5.32 Å². The normalized spacial score (nSPS) is 12.4. The number of ketones is 1. The van der Waals surface area contributed by atoms with Crippen molar-refractivity contribution in [3.63, 3.8) is 0 Å². The van der Waals surface area contributed by atoms with Gasteiger partial charge in [-0.05, 0) is 31.7 Å². The molecule has 2 nitrogen and oxygen atoms in total. The molecular weight excluding hydrogens is 206 g/mol. The predicted octanol–water partition coefficient (Wildman–Crippen LogP) is 2.10. The molecule has 0 aliphatic rings. The Morgan fingerprint density at radius 1 is 1.40 bits per heavy atom. The van der Waals surface area contributed by atoms with Gasteiger partial charge in [0.15, 0.2) is 5.78 Å². The van der Waals surface area contributed by atoms with Crippen molar-refractivity contribution in [2.45, 2.75) is 18.7 Å². The summed E-state index contributed by atoms with van der Waals surface area (Å²) in [4.78, 5) is 11.1. The molecule has 1 aromatic rings. The first-order valence-corrected chi connectivity index (χ1v) is 6.12. The average molecular weight is 223 g/mol. The van der Waals surface area contributed by atoms with Crippen LogP contribution in [-0.4, -0.2) is 24.0 Å². The van der Waals surface area contributed by atoms with Crippen molar-refractivity contribution in [3.8, 4) is 0 Å². The smallest absolute Gasteiger partial charge is 0.156 e. The van der Waals surface area contributed by atoms with E-state index in [1.807, 2.05) is 25.2 Å². The molecule has 0 saturated carbocycles. The molecule has 1 N–H and O–H groups in total. The fourth-order valence-corrected chi connectivity index (χ4v) is 2.33. The molecule has 0 aliphatic carbocycles. The van der Waals surface area contributed by atoms with Crippen molar-refractivity contribution >= 4 is 17.5 Å². The number of benzene rings is 1. The summed E-state index contributed by atoms with van der Waals surface area (Å²) in [7, 11) is 1.82. The third-order valence-corrected chi connectivity index (χ3v) is 3.49. The van der Waals surface area contributed by atoms with E-state index < -0.39 is 0 Å². The molecule has 1 atom stereocenters. The third kappa shape index (κ3) is 4.49. The Morgan fingerprint density at radius 2 is 2.07 bits per heavy atom. The summed E-state index contributed by atoms with van der Waals surface area (Å²) in [5, 5.41) is 2.94. The van der Waals surface area contributed by atoms with Gasteiger partial charge in [0, 0.05) is 0 Å². The van der Waals surface area contributed by atoms with Gasteiger partial charge in [0.05, 0.1) is 0 Å². The lowest BCUT2D eigenvalue weighted by molar-refractivity contribution is -0.116. The Kier molecular flexibility index (Phi) is 5.43. The van der Waals surface area contributed by atoms with Gasteiger partial charge < -0.3 is 5.32 Å². The minimum absolute atomic E-state index is 0.0614. The highest BCUT2D eigenvalue weighted by Gasteiger charge is 2.10. The second kappa shape index (κ2) is 6.64. The molecular formula is C12H17NOS. The second-order valence-corrected chi connectivity index (χ2v) is 4.60. The van der Waals surface area contributed by atoms with Crippen LogP contribution in [0, 0.1) is 0 Å². The molecule has 0 spiro atoms. The quantitative estimate of drug-likeness (QED) is 0.749. The van der Waals surface area contributed by atoms with E-state index in [2.05, 4.69) is 17.4 Å². The number of hydrogen-bond acceptors (Lipinski definition) is 3. The molecule has 1 aromatic carbocycles. The molecule has 0 amide bonds. The van der Waals surface area contributed by atoms with Gasteiger partial charge >= 0.3 is 0 Å². The molecule has 0 fully saturated rings. The monoisotopic (exact) mass is 223 g/mol. The van der Waals surface area contributed by atoms with E-state index in [9.17, 15) is 4.79 Å². The van der Waals surface area contributed by atoms with Crippen LogP contribution < -0.4 is 5.32 Å². The van der Waals surface area contributed by atoms with E-state index in [1.54, 1.807) is 18.7 Å². The molecule has 0 aromatic heterocycles. The van der Waals surface area contributed by atoms with E-state index in [0.29, 0.717) is 0 Å². The van der Waals surface area contributed by atoms with Crippen LogP contribution in [0.5, 0.6) is 0 Å². The fourth-order valence-electron chi connectivity index (χ4n) is 1.34. The number of Topliss-reactive ketones (excluding diaryl/α,β-unsaturated/α-hetero) is 1. The van der Waals surface area contributed by atoms with Crippen molar-refractivity contribution in [2.75, 3.05) is 12.8 Å². The van der Waals surface area contributed by atoms with Crippen LogP contribution in [0.4, 0.5) is 0 Å². The summed E-state index contributed by atoms with van der Waals surface area (Å²) in [6.07, 6.45) is 1.01. The van der Waals surface area contributed by atoms with E-state index in [4.69, 9.17) is 0 Å². The maximum absolute atomic E-state index is 11.1. The van der Waals surface area contributed by atoms with Gasteiger partial charge in [-0.15, -0.1) is 11.8 Å². The SMILES string of the molecule is CNC(SCCc1ccccc1)C(C)=O. The maximum Gasteiger partial charge on any atom is 0.156 e. The standard InChI is InChI=1S/C12H17NOS/c1-10(14)12(13-2)15-9-8-11-6-4-3-5-7-11/h3-7,12-13H,8-9H2,1-2H3. The lowest BCUT2D eigenvalue weighted by atomic mass is 10.2. The Morgan fingerprint density at radius 3 is 2.60 bits per heavy atom. The van der Waals surface area contributed by atoms with E-state index in [0.717, 1.165) is 12.2 Å². The number of aryl methyl sites for hydroxylation is 1. The van der Waals surface area contributed by atoms with E-state index in [-0.39, 0.29) is 11.2 Å². The summed E-state index contributed by atoms with van der Waals surface area (Å²) in [5.41, 5.74) is 1.32. The summed E-state index contributed by atoms with van der Waals surface area (Å²) < 4.78 is 0. The molecule has 0 bridgehead atoms. The molecule has 1 rings (SSSR count). The Labute approximate surface area is 95.5 Å². The predicted molar refractivity (Wildman–Crippen MR) is 66.1 cm³/mol. The zero-order valence-electron chi connectivity index (χ0n) is 9.19. The number of nitrogens with one attached hydrogen (secondary N) is 1. The summed E-state index contributed by atoms with van der Waals surface area (Å²) >= 11 is 1.66. The van der Waals surface area contributed by atoms with E-state index >= 15 is 0 Å². The first-order chi connectivity index (χ1) is 7.24. The van der Waals surface area contributed by atoms with Gasteiger partial charge in [-0.2, -0.15) is 0 Å². The van der Waals surface area contributed by atoms with Crippen LogP contribution in [0.1, 0.15) is 12.5 Å². The highest BCUT2D eigenvalue weighted by Crippen LogP contribution is 2.11. The van der Waals surface area contributed by atoms with Gasteiger partial charge in [-0.1, -0.05) is 30.3 Å². The zero-order valence-corrected chi connectivity index (χ0v) is 10.0. The first-order valence-electron chi connectivity index (χ1n) is 5.07. The minimum atomic E-state index is -0.0614. The Balaban J connectivity index is 2.30. The summed E-state index contributed by atoms with van der Waals surface area (Å²) in [6.45, 7) is 1.62. The third-order valence-electron chi connectivity index (χ3n) is 2.15. The average Bonchev–Trinajstić information content (AvgIpc) is 2.25. The Hall–Kier alpha value is -0.800. The van der Waals surface area contributed by atoms with Crippen LogP contribution >= 0.6 is 11.8 Å². The van der Waals surface area contributed by atoms with Gasteiger partial charge in [0.1, 0.15) is 5.37 Å². The second-order valence-electron chi connectivity index (χ2n) is 3.39. The molecule has 15 heavy (non-hydrogen) atoms. The topological polar surface area (TPSA) is 29.1 Å². The van der Waals surface area contributed by atoms with Crippen LogP contribution in [0.2, 0.25) is 0 Å². The number of hydrogen-bond donors (Lipinski definition) is 1. The zero-order chi connectivity index (χ0) is 11.1. The number of carbonyl (C=O) groups excluding carboxylic acids is 1. The highest BCUT2D eigenvalue weighted by atomic mass is 32.2. The van der Waals surface area contributed by atoms with E-state index in [1.165, 1.54) is 5.56 Å². The number of rotatable bonds is 6. The molecule has 0 heterocycles.